The Bertz CT molecular complexity index is 890. The van der Waals surface area contributed by atoms with E-state index in [-0.39, 0.29) is 5.75 Å². The number of hydrogen-bond acceptors (Lipinski definition) is 6. The van der Waals surface area contributed by atoms with Gasteiger partial charge in [0.25, 0.3) is 0 Å². The van der Waals surface area contributed by atoms with Crippen molar-refractivity contribution in [1.82, 2.24) is 5.43 Å². The highest BCUT2D eigenvalue weighted by atomic mass is 35.5. The van der Waals surface area contributed by atoms with Gasteiger partial charge in [0.2, 0.25) is 0 Å². The van der Waals surface area contributed by atoms with Gasteiger partial charge in [-0.3, -0.25) is 0 Å². The van der Waals surface area contributed by atoms with E-state index in [2.05, 4.69) is 10.5 Å². The predicted molar refractivity (Wildman–Crippen MR) is 105 cm³/mol. The van der Waals surface area contributed by atoms with Crippen LogP contribution in [-0.4, -0.2) is 33.1 Å². The Hall–Kier alpha value is -1.90. The average molecular weight is 415 g/mol. The third-order valence-corrected chi connectivity index (χ3v) is 5.48. The quantitative estimate of drug-likeness (QED) is 0.551. The first-order valence-electron chi connectivity index (χ1n) is 7.81. The van der Waals surface area contributed by atoms with Crippen LogP contribution in [0.5, 0.6) is 0 Å². The minimum absolute atomic E-state index is 0.0441. The van der Waals surface area contributed by atoms with E-state index in [4.69, 9.17) is 16.3 Å². The van der Waals surface area contributed by atoms with E-state index in [9.17, 15) is 13.2 Å². The summed E-state index contributed by atoms with van der Waals surface area (Å²) in [5.41, 5.74) is 3.60. The number of thiophene rings is 1. The molecular weight excluding hydrogens is 396 g/mol. The van der Waals surface area contributed by atoms with Crippen LogP contribution in [0.4, 0.5) is 4.79 Å². The van der Waals surface area contributed by atoms with Crippen LogP contribution in [0.1, 0.15) is 28.7 Å². The lowest BCUT2D eigenvalue weighted by molar-refractivity contribution is 0.146. The smallest absolute Gasteiger partial charge is 0.427 e. The average Bonchev–Trinajstić information content (AvgIpc) is 3.01. The van der Waals surface area contributed by atoms with E-state index in [1.807, 2.05) is 6.92 Å². The first-order chi connectivity index (χ1) is 12.3. The molecule has 1 aromatic heterocycles. The minimum atomic E-state index is -3.13. The zero-order valence-electron chi connectivity index (χ0n) is 14.4. The Morgan fingerprint density at radius 3 is 2.54 bits per heavy atom. The molecule has 2 aromatic rings. The Labute approximate surface area is 161 Å². The normalized spacial score (nSPS) is 12.0. The second kappa shape index (κ2) is 9.16. The molecule has 0 aliphatic carbocycles. The van der Waals surface area contributed by atoms with Gasteiger partial charge < -0.3 is 4.74 Å². The number of hydrazone groups is 1. The molecule has 0 aliphatic heterocycles. The lowest BCUT2D eigenvalue weighted by Gasteiger charge is -2.07. The molecule has 1 heterocycles. The third-order valence-electron chi connectivity index (χ3n) is 3.11. The van der Waals surface area contributed by atoms with Crippen LogP contribution >= 0.6 is 22.9 Å². The Morgan fingerprint density at radius 1 is 1.23 bits per heavy atom. The van der Waals surface area contributed by atoms with Crippen molar-refractivity contribution < 1.29 is 17.9 Å². The summed E-state index contributed by atoms with van der Waals surface area (Å²) >= 11 is 7.23. The van der Waals surface area contributed by atoms with Gasteiger partial charge in [-0.2, -0.15) is 5.10 Å². The molecule has 0 saturated carbocycles. The number of carbonyl (C=O) groups is 1. The Kier molecular flexibility index (Phi) is 7.19. The molecule has 0 radical (unpaired) electrons. The van der Waals surface area contributed by atoms with Gasteiger partial charge in [-0.1, -0.05) is 30.7 Å². The highest BCUT2D eigenvalue weighted by Crippen LogP contribution is 2.23. The predicted octanol–water partition coefficient (Wildman–Crippen LogP) is 3.83. The first-order valence-corrected chi connectivity index (χ1v) is 11.1. The maximum atomic E-state index is 11.7. The molecule has 0 spiro atoms. The Morgan fingerprint density at radius 2 is 1.92 bits per heavy atom. The van der Waals surface area contributed by atoms with Crippen molar-refractivity contribution >= 4 is 44.6 Å². The lowest BCUT2D eigenvalue weighted by atomic mass is 10.1. The molecule has 1 amide bonds. The van der Waals surface area contributed by atoms with Crippen molar-refractivity contribution in [1.29, 1.82) is 0 Å². The van der Waals surface area contributed by atoms with E-state index in [0.717, 1.165) is 10.4 Å². The number of rotatable bonds is 7. The maximum absolute atomic E-state index is 11.7. The molecule has 2 rings (SSSR count). The summed E-state index contributed by atoms with van der Waals surface area (Å²) in [5.74, 6) is -0.0441. The molecule has 1 N–H and O–H groups in total. The Balaban J connectivity index is 2.31. The van der Waals surface area contributed by atoms with Crippen molar-refractivity contribution in [3.05, 3.63) is 56.7 Å². The van der Waals surface area contributed by atoms with Gasteiger partial charge >= 0.3 is 6.09 Å². The molecule has 0 fully saturated rings. The molecule has 0 saturated heterocycles. The van der Waals surface area contributed by atoms with Crippen LogP contribution in [0.2, 0.25) is 5.02 Å². The molecular formula is C17H19ClN2O4S2. The van der Waals surface area contributed by atoms with Crippen LogP contribution < -0.4 is 5.43 Å². The fraction of sp³-hybridized carbons (Fsp3) is 0.294. The molecule has 1 aromatic carbocycles. The van der Waals surface area contributed by atoms with Crippen molar-refractivity contribution in [3.8, 4) is 0 Å². The fourth-order valence-corrected chi connectivity index (χ4v) is 4.47. The topological polar surface area (TPSA) is 84.8 Å². The van der Waals surface area contributed by atoms with Crippen LogP contribution in [0.25, 0.3) is 0 Å². The monoisotopic (exact) mass is 414 g/mol. The lowest BCUT2D eigenvalue weighted by Crippen LogP contribution is -2.21. The van der Waals surface area contributed by atoms with E-state index < -0.39 is 15.9 Å². The molecule has 0 aliphatic rings. The molecule has 26 heavy (non-hydrogen) atoms. The first kappa shape index (κ1) is 20.4. The van der Waals surface area contributed by atoms with Gasteiger partial charge in [-0.25, -0.2) is 18.6 Å². The highest BCUT2D eigenvalue weighted by molar-refractivity contribution is 7.90. The van der Waals surface area contributed by atoms with Gasteiger partial charge in [0, 0.05) is 21.7 Å². The maximum Gasteiger partial charge on any atom is 0.427 e. The van der Waals surface area contributed by atoms with Crippen molar-refractivity contribution in [2.75, 3.05) is 12.9 Å². The van der Waals surface area contributed by atoms with E-state index in [1.54, 1.807) is 36.4 Å². The number of sulfone groups is 1. The van der Waals surface area contributed by atoms with Crippen molar-refractivity contribution in [3.63, 3.8) is 0 Å². The number of amides is 1. The standard InChI is InChI=1S/C17H19ClN2O4S2/c1-3-10-24-17(21)20-19-16(12-4-6-13(18)7-5-12)15-9-8-14(25-15)11-26(2,22)23/h4-9H,3,10-11H2,1-2H3,(H,20,21). The molecule has 9 heteroatoms. The number of halogens is 1. The molecule has 0 bridgehead atoms. The van der Waals surface area contributed by atoms with Gasteiger partial charge in [0.1, 0.15) is 5.71 Å². The van der Waals surface area contributed by atoms with Crippen molar-refractivity contribution in [2.45, 2.75) is 19.1 Å². The summed E-state index contributed by atoms with van der Waals surface area (Å²) in [6.45, 7) is 2.19. The summed E-state index contributed by atoms with van der Waals surface area (Å²) < 4.78 is 27.9. The highest BCUT2D eigenvalue weighted by Gasteiger charge is 2.14. The third kappa shape index (κ3) is 6.44. The van der Waals surface area contributed by atoms with Crippen LogP contribution in [0, 0.1) is 0 Å². The van der Waals surface area contributed by atoms with Crippen LogP contribution in [-0.2, 0) is 20.3 Å². The van der Waals surface area contributed by atoms with E-state index in [1.165, 1.54) is 17.6 Å². The van der Waals surface area contributed by atoms with Gasteiger partial charge in [-0.05, 0) is 30.7 Å². The number of ether oxygens (including phenoxy) is 1. The SMILES string of the molecule is CCCOC(=O)NN=C(c1ccc(Cl)cc1)c1ccc(CS(C)(=O)=O)s1. The number of nitrogens with one attached hydrogen (secondary N) is 1. The van der Waals surface area contributed by atoms with E-state index in [0.29, 0.717) is 28.6 Å². The summed E-state index contributed by atoms with van der Waals surface area (Å²) in [6.07, 6.45) is 1.25. The van der Waals surface area contributed by atoms with Gasteiger partial charge in [0.05, 0.1) is 17.2 Å². The van der Waals surface area contributed by atoms with Crippen LogP contribution in [0.3, 0.4) is 0 Å². The minimum Gasteiger partial charge on any atom is -0.448 e. The summed E-state index contributed by atoms with van der Waals surface area (Å²) in [5, 5.41) is 4.74. The zero-order valence-corrected chi connectivity index (χ0v) is 16.7. The molecule has 6 nitrogen and oxygen atoms in total. The van der Waals surface area contributed by atoms with Crippen molar-refractivity contribution in [2.24, 2.45) is 5.10 Å². The molecule has 0 atom stereocenters. The largest absolute Gasteiger partial charge is 0.448 e. The number of carbonyl (C=O) groups excluding carboxylic acids is 1. The second-order valence-electron chi connectivity index (χ2n) is 5.55. The number of benzene rings is 1. The summed E-state index contributed by atoms with van der Waals surface area (Å²) in [6, 6.07) is 10.5. The summed E-state index contributed by atoms with van der Waals surface area (Å²) in [7, 11) is -3.13. The van der Waals surface area contributed by atoms with Gasteiger partial charge in [0.15, 0.2) is 9.84 Å². The second-order valence-corrected chi connectivity index (χ2v) is 9.30. The fourth-order valence-electron chi connectivity index (χ4n) is 2.04. The molecule has 0 unspecified atom stereocenters. The zero-order chi connectivity index (χ0) is 19.2. The molecule has 140 valence electrons. The summed E-state index contributed by atoms with van der Waals surface area (Å²) in [4.78, 5) is 13.1. The van der Waals surface area contributed by atoms with E-state index >= 15 is 0 Å². The van der Waals surface area contributed by atoms with Crippen LogP contribution in [0.15, 0.2) is 41.5 Å². The van der Waals surface area contributed by atoms with Gasteiger partial charge in [-0.15, -0.1) is 11.3 Å². The number of nitrogens with zero attached hydrogens (tertiary/aromatic N) is 1. The number of hydrogen-bond donors (Lipinski definition) is 1.